The summed E-state index contributed by atoms with van der Waals surface area (Å²) in [5.74, 6) is 0.815. The summed E-state index contributed by atoms with van der Waals surface area (Å²) in [4.78, 5) is 22.8. The molecule has 3 heterocycles. The van der Waals surface area contributed by atoms with Crippen molar-refractivity contribution in [2.45, 2.75) is 64.6 Å². The number of nitrogens with one attached hydrogen (secondary N) is 1. The minimum Gasteiger partial charge on any atom is -0.481 e. The molecule has 4 N–H and O–H groups in total. The van der Waals surface area contributed by atoms with Gasteiger partial charge in [-0.3, -0.25) is 0 Å². The van der Waals surface area contributed by atoms with Crippen molar-refractivity contribution in [1.82, 2.24) is 19.5 Å². The highest BCUT2D eigenvalue weighted by Gasteiger charge is 2.38. The average molecular weight is 590 g/mol. The highest BCUT2D eigenvalue weighted by molar-refractivity contribution is 6.33. The second-order valence-electron chi connectivity index (χ2n) is 11.6. The molecule has 4 aromatic rings. The predicted molar refractivity (Wildman–Crippen MR) is 166 cm³/mol. The Kier molecular flexibility index (Phi) is 8.01. The van der Waals surface area contributed by atoms with Crippen molar-refractivity contribution in [1.29, 1.82) is 0 Å². The molecule has 5 rings (SSSR count). The van der Waals surface area contributed by atoms with Gasteiger partial charge >= 0.3 is 6.09 Å². The number of pyridine rings is 1. The van der Waals surface area contributed by atoms with Gasteiger partial charge in [0.1, 0.15) is 5.84 Å². The molecular formula is C31H36ClN7O3. The minimum absolute atomic E-state index is 0.0139. The maximum atomic E-state index is 12.2. The van der Waals surface area contributed by atoms with E-state index >= 15 is 0 Å². The first-order chi connectivity index (χ1) is 20.0. The molecule has 0 unspecified atom stereocenters. The van der Waals surface area contributed by atoms with Crippen LogP contribution in [-0.2, 0) is 0 Å². The van der Waals surface area contributed by atoms with Crippen LogP contribution in [0.4, 0.5) is 16.2 Å². The van der Waals surface area contributed by atoms with Crippen LogP contribution in [0.2, 0.25) is 5.02 Å². The number of carbonyl (C=O) groups is 1. The number of para-hydroxylation sites is 1. The van der Waals surface area contributed by atoms with Gasteiger partial charge in [-0.05, 0) is 70.7 Å². The van der Waals surface area contributed by atoms with Gasteiger partial charge in [-0.15, -0.1) is 0 Å². The fraction of sp³-hybridized carbons (Fsp3) is 0.355. The number of methoxy groups -OCH3 is 1. The van der Waals surface area contributed by atoms with E-state index in [0.29, 0.717) is 28.6 Å². The van der Waals surface area contributed by atoms with Crippen molar-refractivity contribution in [3.63, 3.8) is 0 Å². The Hall–Kier alpha value is -4.31. The second kappa shape index (κ2) is 11.5. The van der Waals surface area contributed by atoms with Crippen LogP contribution in [0.25, 0.3) is 16.6 Å². The lowest BCUT2D eigenvalue weighted by Gasteiger charge is -2.38. The van der Waals surface area contributed by atoms with Crippen molar-refractivity contribution in [2.24, 2.45) is 10.7 Å². The first-order valence-corrected chi connectivity index (χ1v) is 14.2. The number of ether oxygens (including phenoxy) is 1. The summed E-state index contributed by atoms with van der Waals surface area (Å²) in [7, 11) is 1.59. The summed E-state index contributed by atoms with van der Waals surface area (Å²) < 4.78 is 7.09. The van der Waals surface area contributed by atoms with Gasteiger partial charge in [-0.2, -0.15) is 5.10 Å². The molecule has 1 aliphatic rings. The monoisotopic (exact) mass is 589 g/mol. The molecule has 0 aliphatic heterocycles. The molecule has 0 radical (unpaired) electrons. The van der Waals surface area contributed by atoms with Crippen LogP contribution in [0.15, 0.2) is 60.0 Å². The first kappa shape index (κ1) is 29.2. The Morgan fingerprint density at radius 2 is 2.00 bits per heavy atom. The van der Waals surface area contributed by atoms with E-state index < -0.39 is 11.6 Å². The normalized spacial score (nSPS) is 17.4. The Bertz CT molecular complexity index is 1660. The molecule has 0 spiro atoms. The molecule has 1 amide bonds. The first-order valence-electron chi connectivity index (χ1n) is 13.9. The maximum Gasteiger partial charge on any atom is 0.407 e. The number of amides is 1. The van der Waals surface area contributed by atoms with Gasteiger partial charge in [-0.1, -0.05) is 23.7 Å². The van der Waals surface area contributed by atoms with Crippen LogP contribution < -0.4 is 15.8 Å². The summed E-state index contributed by atoms with van der Waals surface area (Å²) >= 11 is 6.38. The number of aliphatic imine (C=N–C) groups is 1. The molecule has 42 heavy (non-hydrogen) atoms. The van der Waals surface area contributed by atoms with Crippen molar-refractivity contribution in [3.05, 3.63) is 71.1 Å². The molecule has 10 nitrogen and oxygen atoms in total. The molecule has 2 atom stereocenters. The number of halogens is 1. The molecule has 3 aromatic heterocycles. The third-order valence-electron chi connectivity index (χ3n) is 7.66. The zero-order valence-corrected chi connectivity index (χ0v) is 25.2. The minimum atomic E-state index is -0.907. The van der Waals surface area contributed by atoms with Crippen molar-refractivity contribution in [3.8, 4) is 17.0 Å². The fourth-order valence-electron chi connectivity index (χ4n) is 5.74. The summed E-state index contributed by atoms with van der Waals surface area (Å²) in [6.07, 6.45) is 6.74. The molecule has 0 saturated heterocycles. The fourth-order valence-corrected chi connectivity index (χ4v) is 5.92. The number of aryl methyl sites for hydroxylation is 1. The molecule has 1 aromatic carbocycles. The van der Waals surface area contributed by atoms with Gasteiger partial charge < -0.3 is 25.8 Å². The van der Waals surface area contributed by atoms with Crippen LogP contribution in [-0.4, -0.2) is 61.3 Å². The van der Waals surface area contributed by atoms with E-state index in [9.17, 15) is 9.90 Å². The molecule has 220 valence electrons. The molecule has 11 heteroatoms. The largest absolute Gasteiger partial charge is 0.481 e. The molecular weight excluding hydrogens is 554 g/mol. The van der Waals surface area contributed by atoms with E-state index in [4.69, 9.17) is 22.1 Å². The van der Waals surface area contributed by atoms with E-state index in [1.165, 1.54) is 0 Å². The van der Waals surface area contributed by atoms with Crippen molar-refractivity contribution >= 4 is 40.4 Å². The lowest BCUT2D eigenvalue weighted by atomic mass is 10.0. The maximum absolute atomic E-state index is 12.2. The standard InChI is InChI=1S/C31H36ClN7O3/c1-18-12-27(42-5)34-15-22(18)19-13-26-28(36-20-10-11-21(14-20)39(30(40)41)31(2,3)4)23(16-35-38(26)17-19)29(33)37-25-9-7-6-8-24(25)32/h6-9,12-13,15-17,20-21,36H,10-11,14H2,1-5H3,(H2,33,37)(H,40,41)/t20-,21+/m1/s1. The summed E-state index contributed by atoms with van der Waals surface area (Å²) in [6, 6.07) is 11.1. The zero-order chi connectivity index (χ0) is 30.2. The van der Waals surface area contributed by atoms with Crippen LogP contribution in [0, 0.1) is 6.92 Å². The zero-order valence-electron chi connectivity index (χ0n) is 24.4. The van der Waals surface area contributed by atoms with Gasteiger partial charge in [-0.25, -0.2) is 19.3 Å². The van der Waals surface area contributed by atoms with Crippen molar-refractivity contribution in [2.75, 3.05) is 12.4 Å². The number of nitrogens with zero attached hydrogens (tertiary/aromatic N) is 5. The second-order valence-corrected chi connectivity index (χ2v) is 12.0. The van der Waals surface area contributed by atoms with Gasteiger partial charge in [0.2, 0.25) is 5.88 Å². The topological polar surface area (TPSA) is 130 Å². The Morgan fingerprint density at radius 3 is 2.67 bits per heavy atom. The van der Waals surface area contributed by atoms with Gasteiger partial charge in [0.05, 0.1) is 40.8 Å². The molecule has 0 bridgehead atoms. The number of nitrogens with two attached hydrogens (primary N) is 1. The predicted octanol–water partition coefficient (Wildman–Crippen LogP) is 6.52. The highest BCUT2D eigenvalue weighted by atomic mass is 35.5. The van der Waals surface area contributed by atoms with E-state index in [0.717, 1.165) is 40.7 Å². The number of fused-ring (bicyclic) bond motifs is 1. The molecule has 1 aliphatic carbocycles. The van der Waals surface area contributed by atoms with Crippen LogP contribution >= 0.6 is 11.6 Å². The van der Waals surface area contributed by atoms with Gasteiger partial charge in [0.15, 0.2) is 0 Å². The summed E-state index contributed by atoms with van der Waals surface area (Å²) in [5, 5.41) is 18.8. The lowest BCUT2D eigenvalue weighted by Crippen LogP contribution is -2.50. The Balaban J connectivity index is 1.57. The number of rotatable bonds is 7. The van der Waals surface area contributed by atoms with Crippen LogP contribution in [0.1, 0.15) is 51.2 Å². The lowest BCUT2D eigenvalue weighted by molar-refractivity contribution is 0.0718. The van der Waals surface area contributed by atoms with Crippen molar-refractivity contribution < 1.29 is 14.6 Å². The molecule has 1 saturated carbocycles. The van der Waals surface area contributed by atoms with Crippen LogP contribution in [0.5, 0.6) is 5.88 Å². The SMILES string of the molecule is COc1cc(C)c(-c2cc3c(N[C@@H]4CC[C@H](N(C(=O)O)C(C)(C)C)C4)c(C(N)=Nc4ccccc4Cl)cnn3c2)cn1. The smallest absolute Gasteiger partial charge is 0.407 e. The number of hydrogen-bond acceptors (Lipinski definition) is 6. The van der Waals surface area contributed by atoms with Gasteiger partial charge in [0.25, 0.3) is 0 Å². The third-order valence-corrected chi connectivity index (χ3v) is 7.98. The number of hydrogen-bond donors (Lipinski definition) is 3. The number of carboxylic acid groups (broad SMARTS) is 1. The van der Waals surface area contributed by atoms with Gasteiger partial charge in [0, 0.05) is 47.2 Å². The summed E-state index contributed by atoms with van der Waals surface area (Å²) in [6.45, 7) is 7.79. The van der Waals surface area contributed by atoms with E-state index in [1.54, 1.807) is 41.1 Å². The third kappa shape index (κ3) is 5.85. The van der Waals surface area contributed by atoms with Crippen LogP contribution in [0.3, 0.4) is 0 Å². The van der Waals surface area contributed by atoms with E-state index in [2.05, 4.69) is 20.4 Å². The quantitative estimate of drug-likeness (QED) is 0.165. The van der Waals surface area contributed by atoms with E-state index in [-0.39, 0.29) is 17.9 Å². The number of aromatic nitrogens is 3. The Labute approximate surface area is 250 Å². The summed E-state index contributed by atoms with van der Waals surface area (Å²) in [5.41, 5.74) is 11.8. The Morgan fingerprint density at radius 1 is 1.24 bits per heavy atom. The highest BCUT2D eigenvalue weighted by Crippen LogP contribution is 2.36. The number of amidine groups is 1. The number of benzene rings is 1. The average Bonchev–Trinajstić information content (AvgIpc) is 3.56. The van der Waals surface area contributed by atoms with E-state index in [1.807, 2.05) is 58.2 Å². The molecule has 1 fully saturated rings. The number of anilines is 1.